The number of carbonyl (C=O) groups excluding carboxylic acids is 1. The number of aromatic hydroxyl groups is 1. The number of benzene rings is 1. The van der Waals surface area contributed by atoms with Crippen molar-refractivity contribution >= 4 is 5.97 Å². The highest BCUT2D eigenvalue weighted by Gasteiger charge is 2.68. The van der Waals surface area contributed by atoms with Gasteiger partial charge in [-0.3, -0.25) is 4.79 Å². The molecule has 0 saturated heterocycles. The zero-order valence-electron chi connectivity index (χ0n) is 10.8. The second-order valence-electron chi connectivity index (χ2n) is 5.40. The van der Waals surface area contributed by atoms with Crippen molar-refractivity contribution in [1.82, 2.24) is 0 Å². The summed E-state index contributed by atoms with van der Waals surface area (Å²) in [7, 11) is 0. The number of phenols is 1. The lowest BCUT2D eigenvalue weighted by Crippen LogP contribution is -2.15. The summed E-state index contributed by atoms with van der Waals surface area (Å²) < 4.78 is 5.17. The molecule has 0 radical (unpaired) electrons. The van der Waals surface area contributed by atoms with Crippen LogP contribution < -0.4 is 0 Å². The Bertz CT molecular complexity index is 508. The molecule has 18 heavy (non-hydrogen) atoms. The zero-order valence-corrected chi connectivity index (χ0v) is 10.8. The van der Waals surface area contributed by atoms with E-state index in [-0.39, 0.29) is 23.1 Å². The van der Waals surface area contributed by atoms with Crippen molar-refractivity contribution in [2.24, 2.45) is 11.8 Å². The van der Waals surface area contributed by atoms with Crippen LogP contribution in [0.25, 0.3) is 0 Å². The van der Waals surface area contributed by atoms with Crippen LogP contribution in [0.15, 0.2) is 18.2 Å². The molecule has 2 aliphatic rings. The SMILES string of the molecule is CCOC(=O)[C@@H]1[C@@H](C)[C@]12CCc1ccc(O)cc12. The van der Waals surface area contributed by atoms with Crippen LogP contribution in [-0.2, 0) is 21.4 Å². The van der Waals surface area contributed by atoms with Gasteiger partial charge in [-0.15, -0.1) is 0 Å². The quantitative estimate of drug-likeness (QED) is 0.815. The van der Waals surface area contributed by atoms with Crippen molar-refractivity contribution in [3.63, 3.8) is 0 Å². The number of rotatable bonds is 2. The van der Waals surface area contributed by atoms with Crippen LogP contribution in [0.1, 0.15) is 31.4 Å². The van der Waals surface area contributed by atoms with Crippen molar-refractivity contribution < 1.29 is 14.6 Å². The predicted molar refractivity (Wildman–Crippen MR) is 67.4 cm³/mol. The fourth-order valence-corrected chi connectivity index (χ4v) is 3.76. The van der Waals surface area contributed by atoms with E-state index in [1.54, 1.807) is 6.07 Å². The van der Waals surface area contributed by atoms with Crippen molar-refractivity contribution in [2.75, 3.05) is 6.61 Å². The maximum atomic E-state index is 12.0. The Kier molecular flexibility index (Phi) is 2.40. The van der Waals surface area contributed by atoms with Crippen LogP contribution in [0.3, 0.4) is 0 Å². The first-order chi connectivity index (χ1) is 8.61. The van der Waals surface area contributed by atoms with Gasteiger partial charge in [-0.05, 0) is 48.9 Å². The molecule has 96 valence electrons. The molecule has 0 aliphatic heterocycles. The fourth-order valence-electron chi connectivity index (χ4n) is 3.76. The van der Waals surface area contributed by atoms with Gasteiger partial charge in [0, 0.05) is 5.41 Å². The molecule has 3 atom stereocenters. The highest BCUT2D eigenvalue weighted by Crippen LogP contribution is 2.66. The molecule has 0 aromatic heterocycles. The van der Waals surface area contributed by atoms with Crippen LogP contribution in [0.5, 0.6) is 5.75 Å². The summed E-state index contributed by atoms with van der Waals surface area (Å²) in [4.78, 5) is 12.0. The molecule has 0 amide bonds. The molecule has 0 unspecified atom stereocenters. The van der Waals surface area contributed by atoms with Crippen molar-refractivity contribution in [2.45, 2.75) is 32.1 Å². The zero-order chi connectivity index (χ0) is 12.9. The fraction of sp³-hybridized carbons (Fsp3) is 0.533. The standard InChI is InChI=1S/C15H18O3/c1-3-18-14(17)13-9(2)15(13)7-6-10-4-5-11(16)8-12(10)15/h4-5,8-9,13,16H,3,6-7H2,1-2H3/t9-,13+,15+/m1/s1. The Morgan fingerprint density at radius 3 is 3.06 bits per heavy atom. The highest BCUT2D eigenvalue weighted by molar-refractivity contribution is 5.81. The number of phenolic OH excluding ortho intramolecular Hbond substituents is 1. The molecule has 1 saturated carbocycles. The lowest BCUT2D eigenvalue weighted by molar-refractivity contribution is -0.145. The van der Waals surface area contributed by atoms with E-state index >= 15 is 0 Å². The molecule has 1 fully saturated rings. The van der Waals surface area contributed by atoms with E-state index in [9.17, 15) is 9.90 Å². The number of hydrogen-bond donors (Lipinski definition) is 1. The first kappa shape index (κ1) is 11.6. The Labute approximate surface area is 107 Å². The minimum Gasteiger partial charge on any atom is -0.508 e. The third-order valence-corrected chi connectivity index (χ3v) is 4.70. The third-order valence-electron chi connectivity index (χ3n) is 4.70. The summed E-state index contributed by atoms with van der Waals surface area (Å²) in [6, 6.07) is 5.54. The molecule has 1 aromatic carbocycles. The number of fused-ring (bicyclic) bond motifs is 2. The van der Waals surface area contributed by atoms with E-state index < -0.39 is 0 Å². The molecule has 0 heterocycles. The van der Waals surface area contributed by atoms with Crippen LogP contribution in [0.4, 0.5) is 0 Å². The molecular formula is C15H18O3. The minimum atomic E-state index is -0.0822. The number of hydrogen-bond acceptors (Lipinski definition) is 3. The smallest absolute Gasteiger partial charge is 0.310 e. The van der Waals surface area contributed by atoms with Gasteiger partial charge >= 0.3 is 5.97 Å². The molecule has 3 heteroatoms. The maximum absolute atomic E-state index is 12.0. The van der Waals surface area contributed by atoms with Crippen molar-refractivity contribution in [3.05, 3.63) is 29.3 Å². The summed E-state index contributed by atoms with van der Waals surface area (Å²) >= 11 is 0. The van der Waals surface area contributed by atoms with Gasteiger partial charge in [0.1, 0.15) is 5.75 Å². The number of aryl methyl sites for hydroxylation is 1. The van der Waals surface area contributed by atoms with Gasteiger partial charge < -0.3 is 9.84 Å². The van der Waals surface area contributed by atoms with E-state index in [2.05, 4.69) is 6.92 Å². The molecule has 1 N–H and O–H groups in total. The first-order valence-corrected chi connectivity index (χ1v) is 6.60. The summed E-state index contributed by atoms with van der Waals surface area (Å²) in [6.45, 7) is 4.39. The van der Waals surface area contributed by atoms with Crippen LogP contribution in [0, 0.1) is 11.8 Å². The molecule has 1 spiro atoms. The van der Waals surface area contributed by atoms with Gasteiger partial charge in [-0.1, -0.05) is 13.0 Å². The average Bonchev–Trinajstić information content (AvgIpc) is 2.75. The third kappa shape index (κ3) is 1.33. The van der Waals surface area contributed by atoms with Crippen LogP contribution in [0.2, 0.25) is 0 Å². The molecular weight excluding hydrogens is 228 g/mol. The Balaban J connectivity index is 1.96. The molecule has 2 aliphatic carbocycles. The lowest BCUT2D eigenvalue weighted by Gasteiger charge is -2.11. The van der Waals surface area contributed by atoms with Crippen molar-refractivity contribution in [1.29, 1.82) is 0 Å². The molecule has 1 aromatic rings. The number of ether oxygens (including phenoxy) is 1. The molecule has 0 bridgehead atoms. The summed E-state index contributed by atoms with van der Waals surface area (Å²) in [5, 5.41) is 9.65. The second-order valence-corrected chi connectivity index (χ2v) is 5.40. The Morgan fingerprint density at radius 2 is 2.33 bits per heavy atom. The van der Waals surface area contributed by atoms with Gasteiger partial charge in [0.05, 0.1) is 12.5 Å². The molecule has 3 nitrogen and oxygen atoms in total. The predicted octanol–water partition coefficient (Wildman–Crippen LogP) is 2.41. The number of carbonyl (C=O) groups is 1. The van der Waals surface area contributed by atoms with E-state index in [0.717, 1.165) is 18.4 Å². The van der Waals surface area contributed by atoms with Gasteiger partial charge in [0.2, 0.25) is 0 Å². The summed E-state index contributed by atoms with van der Waals surface area (Å²) in [5.74, 6) is 0.498. The van der Waals surface area contributed by atoms with Gasteiger partial charge in [-0.25, -0.2) is 0 Å². The van der Waals surface area contributed by atoms with Crippen LogP contribution >= 0.6 is 0 Å². The monoisotopic (exact) mass is 246 g/mol. The first-order valence-electron chi connectivity index (χ1n) is 6.60. The largest absolute Gasteiger partial charge is 0.508 e. The summed E-state index contributed by atoms with van der Waals surface area (Å²) in [6.07, 6.45) is 1.99. The Morgan fingerprint density at radius 1 is 1.56 bits per heavy atom. The maximum Gasteiger partial charge on any atom is 0.310 e. The molecule has 3 rings (SSSR count). The highest BCUT2D eigenvalue weighted by atomic mass is 16.5. The normalized spacial score (nSPS) is 32.3. The van der Waals surface area contributed by atoms with Gasteiger partial charge in [-0.2, -0.15) is 0 Å². The van der Waals surface area contributed by atoms with Crippen LogP contribution in [-0.4, -0.2) is 17.7 Å². The minimum absolute atomic E-state index is 0.0273. The van der Waals surface area contributed by atoms with E-state index in [0.29, 0.717) is 12.5 Å². The summed E-state index contributed by atoms with van der Waals surface area (Å²) in [5.41, 5.74) is 2.36. The topological polar surface area (TPSA) is 46.5 Å². The van der Waals surface area contributed by atoms with Gasteiger partial charge in [0.15, 0.2) is 0 Å². The van der Waals surface area contributed by atoms with Crippen molar-refractivity contribution in [3.8, 4) is 5.75 Å². The van der Waals surface area contributed by atoms with E-state index in [1.165, 1.54) is 5.56 Å². The Hall–Kier alpha value is -1.51. The van der Waals surface area contributed by atoms with Gasteiger partial charge in [0.25, 0.3) is 0 Å². The van der Waals surface area contributed by atoms with E-state index in [1.807, 2.05) is 19.1 Å². The number of esters is 1. The van der Waals surface area contributed by atoms with E-state index in [4.69, 9.17) is 4.74 Å². The average molecular weight is 246 g/mol. The lowest BCUT2D eigenvalue weighted by atomic mass is 9.93. The second kappa shape index (κ2) is 3.74.